The molecule has 146 valence electrons. The molecule has 1 saturated carbocycles. The minimum atomic E-state index is -4.76. The quantitative estimate of drug-likeness (QED) is 0.619. The Hall–Kier alpha value is -3.22. The van der Waals surface area contributed by atoms with Crippen molar-refractivity contribution >= 4 is 11.7 Å². The van der Waals surface area contributed by atoms with E-state index in [1.165, 1.54) is 24.3 Å². The number of ketones is 1. The number of halogens is 3. The van der Waals surface area contributed by atoms with Crippen molar-refractivity contribution in [1.82, 2.24) is 15.5 Å². The molecule has 0 radical (unpaired) electrons. The average molecular weight is 392 g/mol. The summed E-state index contributed by atoms with van der Waals surface area (Å²) in [7, 11) is 0. The molecule has 10 heteroatoms. The lowest BCUT2D eigenvalue weighted by Crippen LogP contribution is -2.39. The van der Waals surface area contributed by atoms with Crippen molar-refractivity contribution in [3.63, 3.8) is 0 Å². The van der Waals surface area contributed by atoms with Crippen molar-refractivity contribution in [2.75, 3.05) is 0 Å². The van der Waals surface area contributed by atoms with Crippen molar-refractivity contribution in [3.8, 4) is 17.5 Å². The van der Waals surface area contributed by atoms with E-state index in [0.717, 1.165) is 25.7 Å². The van der Waals surface area contributed by atoms with Crippen LogP contribution in [0.15, 0.2) is 28.8 Å². The van der Waals surface area contributed by atoms with Crippen LogP contribution in [-0.4, -0.2) is 27.9 Å². The Balaban J connectivity index is 1.72. The number of hydrogen-bond donors (Lipinski definition) is 1. The third kappa shape index (κ3) is 4.19. The van der Waals surface area contributed by atoms with Gasteiger partial charge in [0.25, 0.3) is 0 Å². The van der Waals surface area contributed by atoms with E-state index in [1.54, 1.807) is 6.07 Å². The van der Waals surface area contributed by atoms with Crippen LogP contribution >= 0.6 is 0 Å². The lowest BCUT2D eigenvalue weighted by atomic mass is 9.96. The molecule has 1 fully saturated rings. The van der Waals surface area contributed by atoms with E-state index in [-0.39, 0.29) is 23.0 Å². The number of hydrogen-bond acceptors (Lipinski definition) is 6. The molecule has 28 heavy (non-hydrogen) atoms. The van der Waals surface area contributed by atoms with E-state index in [1.807, 2.05) is 0 Å². The highest BCUT2D eigenvalue weighted by Gasteiger charge is 2.38. The SMILES string of the molecule is N#C[C@@H](C(=O)NC1CCCC1)C(=O)c1ccc(-c2noc(C(F)(F)F)n2)cc1. The van der Waals surface area contributed by atoms with Crippen LogP contribution in [-0.2, 0) is 11.0 Å². The van der Waals surface area contributed by atoms with Gasteiger partial charge < -0.3 is 9.84 Å². The number of amides is 1. The first-order valence-electron chi connectivity index (χ1n) is 8.55. The summed E-state index contributed by atoms with van der Waals surface area (Å²) in [5, 5.41) is 15.2. The second-order valence-corrected chi connectivity index (χ2v) is 6.41. The van der Waals surface area contributed by atoms with Crippen LogP contribution in [0.5, 0.6) is 0 Å². The van der Waals surface area contributed by atoms with Gasteiger partial charge in [-0.3, -0.25) is 9.59 Å². The number of alkyl halides is 3. The molecule has 1 atom stereocenters. The zero-order valence-electron chi connectivity index (χ0n) is 14.5. The van der Waals surface area contributed by atoms with Gasteiger partial charge in [0.05, 0.1) is 6.07 Å². The Morgan fingerprint density at radius 3 is 2.39 bits per heavy atom. The second kappa shape index (κ2) is 7.80. The smallest absolute Gasteiger partial charge is 0.352 e. The van der Waals surface area contributed by atoms with Gasteiger partial charge in [0.15, 0.2) is 11.7 Å². The first-order valence-corrected chi connectivity index (χ1v) is 8.55. The molecular formula is C18H15F3N4O3. The number of carbonyl (C=O) groups is 2. The third-order valence-electron chi connectivity index (χ3n) is 4.45. The molecule has 0 aliphatic heterocycles. The average Bonchev–Trinajstić information content (AvgIpc) is 3.34. The first kappa shape index (κ1) is 19.5. The number of rotatable bonds is 5. The van der Waals surface area contributed by atoms with Gasteiger partial charge in [-0.25, -0.2) is 0 Å². The molecule has 0 saturated heterocycles. The number of Topliss-reactive ketones (excluding diaryl/α,β-unsaturated/α-hetero) is 1. The fourth-order valence-electron chi connectivity index (χ4n) is 3.00. The van der Waals surface area contributed by atoms with Gasteiger partial charge in [-0.2, -0.15) is 23.4 Å². The molecule has 0 bridgehead atoms. The molecule has 0 unspecified atom stereocenters. The summed E-state index contributed by atoms with van der Waals surface area (Å²) < 4.78 is 41.7. The van der Waals surface area contributed by atoms with Gasteiger partial charge in [-0.05, 0) is 12.8 Å². The summed E-state index contributed by atoms with van der Waals surface area (Å²) in [6.07, 6.45) is -1.14. The molecule has 7 nitrogen and oxygen atoms in total. The topological polar surface area (TPSA) is 109 Å². The van der Waals surface area contributed by atoms with Gasteiger partial charge >= 0.3 is 12.1 Å². The highest BCUT2D eigenvalue weighted by Crippen LogP contribution is 2.29. The number of nitrogens with zero attached hydrogens (tertiary/aromatic N) is 3. The molecule has 1 heterocycles. The number of nitrogens with one attached hydrogen (secondary N) is 1. The Morgan fingerprint density at radius 1 is 1.21 bits per heavy atom. The van der Waals surface area contributed by atoms with Gasteiger partial charge in [0.1, 0.15) is 0 Å². The number of nitriles is 1. The Bertz CT molecular complexity index is 909. The fourth-order valence-corrected chi connectivity index (χ4v) is 3.00. The van der Waals surface area contributed by atoms with Crippen LogP contribution in [0.4, 0.5) is 13.2 Å². The van der Waals surface area contributed by atoms with Crippen LogP contribution in [0, 0.1) is 17.2 Å². The third-order valence-corrected chi connectivity index (χ3v) is 4.45. The molecule has 1 amide bonds. The van der Waals surface area contributed by atoms with Crippen molar-refractivity contribution in [3.05, 3.63) is 35.7 Å². The van der Waals surface area contributed by atoms with Crippen LogP contribution in [0.25, 0.3) is 11.4 Å². The largest absolute Gasteiger partial charge is 0.471 e. The van der Waals surface area contributed by atoms with Crippen LogP contribution < -0.4 is 5.32 Å². The lowest BCUT2D eigenvalue weighted by molar-refractivity contribution is -0.159. The summed E-state index contributed by atoms with van der Waals surface area (Å²) in [4.78, 5) is 28.0. The maximum Gasteiger partial charge on any atom is 0.471 e. The van der Waals surface area contributed by atoms with Gasteiger partial charge in [-0.1, -0.05) is 42.3 Å². The highest BCUT2D eigenvalue weighted by molar-refractivity contribution is 6.12. The minimum Gasteiger partial charge on any atom is -0.352 e. The standard InChI is InChI=1S/C18H15F3N4O3/c19-18(20,21)17-24-15(25-28-17)11-7-5-10(6-8-11)14(26)13(9-22)16(27)23-12-3-1-2-4-12/h5-8,12-13H,1-4H2,(H,23,27)/t13-/m1/s1. The monoisotopic (exact) mass is 392 g/mol. The van der Waals surface area contributed by atoms with Crippen molar-refractivity contribution in [2.45, 2.75) is 37.9 Å². The molecular weight excluding hydrogens is 377 g/mol. The van der Waals surface area contributed by atoms with E-state index in [4.69, 9.17) is 0 Å². The molecule has 1 aromatic carbocycles. The van der Waals surface area contributed by atoms with E-state index in [9.17, 15) is 28.0 Å². The van der Waals surface area contributed by atoms with Gasteiger partial charge in [0.2, 0.25) is 11.7 Å². The molecule has 2 aromatic rings. The molecule has 3 rings (SSSR count). The summed E-state index contributed by atoms with van der Waals surface area (Å²) in [6.45, 7) is 0. The number of benzene rings is 1. The molecule has 1 aliphatic carbocycles. The summed E-state index contributed by atoms with van der Waals surface area (Å²) in [5.41, 5.74) is 0.274. The molecule has 1 N–H and O–H groups in total. The second-order valence-electron chi connectivity index (χ2n) is 6.41. The maximum absolute atomic E-state index is 12.5. The summed E-state index contributed by atoms with van der Waals surface area (Å²) in [5.74, 6) is -4.59. The number of carbonyl (C=O) groups excluding carboxylic acids is 2. The Kier molecular flexibility index (Phi) is 5.44. The lowest BCUT2D eigenvalue weighted by Gasteiger charge is -2.14. The fraction of sp³-hybridized carbons (Fsp3) is 0.389. The van der Waals surface area contributed by atoms with Crippen molar-refractivity contribution < 1.29 is 27.3 Å². The Morgan fingerprint density at radius 2 is 1.86 bits per heavy atom. The summed E-state index contributed by atoms with van der Waals surface area (Å²) in [6, 6.07) is 6.93. The zero-order valence-corrected chi connectivity index (χ0v) is 14.5. The Labute approximate surface area is 157 Å². The van der Waals surface area contributed by atoms with E-state index >= 15 is 0 Å². The van der Waals surface area contributed by atoms with Crippen LogP contribution in [0.3, 0.4) is 0 Å². The van der Waals surface area contributed by atoms with Crippen LogP contribution in [0.2, 0.25) is 0 Å². The predicted molar refractivity (Wildman–Crippen MR) is 88.6 cm³/mol. The van der Waals surface area contributed by atoms with Crippen molar-refractivity contribution in [1.29, 1.82) is 5.26 Å². The van der Waals surface area contributed by atoms with Crippen LogP contribution in [0.1, 0.15) is 41.9 Å². The molecule has 0 spiro atoms. The van der Waals surface area contributed by atoms with E-state index in [2.05, 4.69) is 20.0 Å². The predicted octanol–water partition coefficient (Wildman–Crippen LogP) is 3.14. The normalized spacial score (nSPS) is 15.8. The van der Waals surface area contributed by atoms with Crippen molar-refractivity contribution in [2.24, 2.45) is 5.92 Å². The number of aromatic nitrogens is 2. The first-order chi connectivity index (χ1) is 13.3. The minimum absolute atomic E-state index is 0.0282. The zero-order chi connectivity index (χ0) is 20.3. The maximum atomic E-state index is 12.5. The van der Waals surface area contributed by atoms with E-state index in [0.29, 0.717) is 0 Å². The molecule has 1 aromatic heterocycles. The molecule has 1 aliphatic rings. The van der Waals surface area contributed by atoms with Gasteiger partial charge in [-0.15, -0.1) is 0 Å². The van der Waals surface area contributed by atoms with E-state index < -0.39 is 29.7 Å². The highest BCUT2D eigenvalue weighted by atomic mass is 19.4. The summed E-state index contributed by atoms with van der Waals surface area (Å²) >= 11 is 0. The van der Waals surface area contributed by atoms with Gasteiger partial charge in [0, 0.05) is 17.2 Å².